The molecule has 2 aromatic rings. The second-order valence-electron chi connectivity index (χ2n) is 6.81. The predicted octanol–water partition coefficient (Wildman–Crippen LogP) is 1.82. The van der Waals surface area contributed by atoms with Crippen LogP contribution in [0.15, 0.2) is 36.7 Å². The fraction of sp³-hybridized carbons (Fsp3) is 0.474. The van der Waals surface area contributed by atoms with E-state index in [1.54, 1.807) is 12.4 Å². The van der Waals surface area contributed by atoms with Gasteiger partial charge in [0.2, 0.25) is 0 Å². The maximum Gasteiger partial charge on any atom is 0.344 e. The van der Waals surface area contributed by atoms with Gasteiger partial charge in [0.25, 0.3) is 0 Å². The number of carbonyl (C=O) groups is 1. The lowest BCUT2D eigenvalue weighted by Gasteiger charge is -2.39. The summed E-state index contributed by atoms with van der Waals surface area (Å²) in [6.07, 6.45) is 3.50. The molecule has 0 aliphatic carbocycles. The van der Waals surface area contributed by atoms with E-state index in [0.717, 1.165) is 45.0 Å². The summed E-state index contributed by atoms with van der Waals surface area (Å²) in [6, 6.07) is 8.50. The van der Waals surface area contributed by atoms with Crippen molar-refractivity contribution in [3.63, 3.8) is 0 Å². The van der Waals surface area contributed by atoms with Gasteiger partial charge < -0.3 is 19.4 Å². The fourth-order valence-electron chi connectivity index (χ4n) is 3.60. The zero-order valence-electron chi connectivity index (χ0n) is 15.2. The van der Waals surface area contributed by atoms with E-state index >= 15 is 0 Å². The second kappa shape index (κ2) is 7.37. The first-order valence-corrected chi connectivity index (χ1v) is 9.19. The van der Waals surface area contributed by atoms with Gasteiger partial charge >= 0.3 is 6.03 Å². The first kappa shape index (κ1) is 16.9. The Morgan fingerprint density at radius 3 is 2.15 bits per heavy atom. The van der Waals surface area contributed by atoms with Crippen molar-refractivity contribution in [3.05, 3.63) is 42.2 Å². The molecule has 7 nitrogen and oxygen atoms in total. The monoisotopic (exact) mass is 355 g/mol. The Hall–Kier alpha value is -2.54. The highest BCUT2D eigenvalue weighted by Crippen LogP contribution is 2.30. The third kappa shape index (κ3) is 3.39. The molecule has 2 fully saturated rings. The Morgan fingerprint density at radius 1 is 0.962 bits per heavy atom. The number of hydrogen-bond acceptors (Lipinski definition) is 5. The van der Waals surface area contributed by atoms with Crippen molar-refractivity contribution in [1.82, 2.24) is 14.7 Å². The van der Waals surface area contributed by atoms with Gasteiger partial charge in [-0.25, -0.2) is 4.79 Å². The van der Waals surface area contributed by atoms with Crippen molar-refractivity contribution in [2.45, 2.75) is 6.92 Å². The van der Waals surface area contributed by atoms with Crippen LogP contribution in [0, 0.1) is 6.92 Å². The van der Waals surface area contributed by atoms with E-state index in [1.165, 1.54) is 16.1 Å². The van der Waals surface area contributed by atoms with E-state index in [1.807, 2.05) is 11.8 Å². The number of nitrogens with zero attached hydrogens (tertiary/aromatic N) is 5. The lowest BCUT2D eigenvalue weighted by Crippen LogP contribution is -2.50. The van der Waals surface area contributed by atoms with Gasteiger partial charge in [-0.1, -0.05) is 12.1 Å². The molecular formula is C19H25N5O2. The maximum atomic E-state index is 12.6. The summed E-state index contributed by atoms with van der Waals surface area (Å²) >= 11 is 0. The summed E-state index contributed by atoms with van der Waals surface area (Å²) in [4.78, 5) is 19.2. The highest BCUT2D eigenvalue weighted by molar-refractivity contribution is 5.77. The standard InChI is InChI=1S/C19H25N5O2/c1-16-14-20-24(15-16)19(25)23-8-6-21(7-9-23)17-4-2-3-5-18(17)22-10-12-26-13-11-22/h2-5,14-15H,6-13H2,1H3. The molecule has 0 unspecified atom stereocenters. The molecule has 26 heavy (non-hydrogen) atoms. The largest absolute Gasteiger partial charge is 0.378 e. The van der Waals surface area contributed by atoms with Crippen molar-refractivity contribution in [2.75, 3.05) is 62.3 Å². The molecule has 3 heterocycles. The number of aryl methyl sites for hydroxylation is 1. The van der Waals surface area contributed by atoms with Crippen LogP contribution in [-0.2, 0) is 4.74 Å². The highest BCUT2D eigenvalue weighted by atomic mass is 16.5. The first-order valence-electron chi connectivity index (χ1n) is 9.19. The minimum Gasteiger partial charge on any atom is -0.378 e. The average Bonchev–Trinajstić information content (AvgIpc) is 3.14. The van der Waals surface area contributed by atoms with E-state index in [-0.39, 0.29) is 6.03 Å². The molecule has 0 saturated carbocycles. The lowest BCUT2D eigenvalue weighted by atomic mass is 10.2. The normalized spacial score (nSPS) is 18.3. The summed E-state index contributed by atoms with van der Waals surface area (Å²) in [7, 11) is 0. The SMILES string of the molecule is Cc1cnn(C(=O)N2CCN(c3ccccc3N3CCOCC3)CC2)c1. The molecule has 1 amide bonds. The summed E-state index contributed by atoms with van der Waals surface area (Å²) in [5, 5.41) is 4.14. The van der Waals surface area contributed by atoms with Crippen LogP contribution >= 0.6 is 0 Å². The Labute approximate surface area is 153 Å². The molecule has 1 aromatic heterocycles. The quantitative estimate of drug-likeness (QED) is 0.823. The van der Waals surface area contributed by atoms with Crippen LogP contribution in [0.4, 0.5) is 16.2 Å². The third-order valence-corrected chi connectivity index (χ3v) is 5.03. The highest BCUT2D eigenvalue weighted by Gasteiger charge is 2.25. The van der Waals surface area contributed by atoms with Gasteiger partial charge in [0.15, 0.2) is 0 Å². The molecular weight excluding hydrogens is 330 g/mol. The summed E-state index contributed by atoms with van der Waals surface area (Å²) in [5.41, 5.74) is 3.51. The van der Waals surface area contributed by atoms with E-state index in [4.69, 9.17) is 4.74 Å². The maximum absolute atomic E-state index is 12.6. The van der Waals surface area contributed by atoms with Crippen LogP contribution in [0.5, 0.6) is 0 Å². The molecule has 2 aliphatic heterocycles. The number of ether oxygens (including phenoxy) is 1. The number of piperazine rings is 1. The van der Waals surface area contributed by atoms with Crippen LogP contribution in [0.2, 0.25) is 0 Å². The Kier molecular flexibility index (Phi) is 4.79. The number of morpholine rings is 1. The van der Waals surface area contributed by atoms with Gasteiger partial charge in [-0.05, 0) is 24.6 Å². The van der Waals surface area contributed by atoms with Crippen LogP contribution < -0.4 is 9.80 Å². The van der Waals surface area contributed by atoms with Crippen LogP contribution in [0.1, 0.15) is 5.56 Å². The van der Waals surface area contributed by atoms with Gasteiger partial charge in [0, 0.05) is 45.5 Å². The molecule has 0 N–H and O–H groups in total. The Morgan fingerprint density at radius 2 is 1.58 bits per heavy atom. The van der Waals surface area contributed by atoms with Crippen LogP contribution in [0.3, 0.4) is 0 Å². The van der Waals surface area contributed by atoms with Crippen molar-refractivity contribution in [1.29, 1.82) is 0 Å². The topological polar surface area (TPSA) is 53.8 Å². The predicted molar refractivity (Wildman–Crippen MR) is 101 cm³/mol. The summed E-state index contributed by atoms with van der Waals surface area (Å²) < 4.78 is 6.92. The molecule has 0 radical (unpaired) electrons. The van der Waals surface area contributed by atoms with Gasteiger partial charge in [0.1, 0.15) is 0 Å². The number of amides is 1. The third-order valence-electron chi connectivity index (χ3n) is 5.03. The lowest BCUT2D eigenvalue weighted by molar-refractivity contribution is 0.122. The molecule has 0 spiro atoms. The first-order chi connectivity index (χ1) is 12.7. The minimum absolute atomic E-state index is 0.0424. The van der Waals surface area contributed by atoms with E-state index in [2.05, 4.69) is 39.2 Å². The molecule has 0 bridgehead atoms. The zero-order chi connectivity index (χ0) is 17.9. The number of anilines is 2. The van der Waals surface area contributed by atoms with E-state index in [9.17, 15) is 4.79 Å². The molecule has 138 valence electrons. The number of carbonyl (C=O) groups excluding carboxylic acids is 1. The van der Waals surface area contributed by atoms with E-state index in [0.29, 0.717) is 13.1 Å². The summed E-state index contributed by atoms with van der Waals surface area (Å²) in [5.74, 6) is 0. The smallest absolute Gasteiger partial charge is 0.344 e. The zero-order valence-corrected chi connectivity index (χ0v) is 15.2. The van der Waals surface area contributed by atoms with Crippen molar-refractivity contribution >= 4 is 17.4 Å². The number of benzene rings is 1. The van der Waals surface area contributed by atoms with Gasteiger partial charge in [0.05, 0.1) is 30.8 Å². The summed E-state index contributed by atoms with van der Waals surface area (Å²) in [6.45, 7) is 8.41. The van der Waals surface area contributed by atoms with Crippen molar-refractivity contribution < 1.29 is 9.53 Å². The van der Waals surface area contributed by atoms with Gasteiger partial charge in [-0.15, -0.1) is 0 Å². The Bertz CT molecular complexity index is 761. The van der Waals surface area contributed by atoms with Crippen molar-refractivity contribution in [2.24, 2.45) is 0 Å². The van der Waals surface area contributed by atoms with Gasteiger partial charge in [-0.2, -0.15) is 9.78 Å². The minimum atomic E-state index is -0.0424. The van der Waals surface area contributed by atoms with Crippen LogP contribution in [-0.4, -0.2) is 73.2 Å². The number of aromatic nitrogens is 2. The molecule has 2 aliphatic rings. The van der Waals surface area contributed by atoms with E-state index < -0.39 is 0 Å². The van der Waals surface area contributed by atoms with Crippen molar-refractivity contribution in [3.8, 4) is 0 Å². The number of para-hydroxylation sites is 2. The number of hydrogen-bond donors (Lipinski definition) is 0. The average molecular weight is 355 g/mol. The van der Waals surface area contributed by atoms with Crippen LogP contribution in [0.25, 0.3) is 0 Å². The molecule has 4 rings (SSSR count). The molecule has 2 saturated heterocycles. The fourth-order valence-corrected chi connectivity index (χ4v) is 3.60. The Balaban J connectivity index is 1.44. The molecule has 1 aromatic carbocycles. The second-order valence-corrected chi connectivity index (χ2v) is 6.81. The number of rotatable bonds is 2. The van der Waals surface area contributed by atoms with Gasteiger partial charge in [-0.3, -0.25) is 0 Å². The molecule has 0 atom stereocenters. The molecule has 7 heteroatoms.